The number of carbonyl (C=O) groups excluding carboxylic acids is 1. The van der Waals surface area contributed by atoms with Crippen molar-refractivity contribution in [1.82, 2.24) is 0 Å². The van der Waals surface area contributed by atoms with E-state index >= 15 is 0 Å². The SMILES string of the molecule is COc1ccc(/C=N\OCC(=O)Nc2sc3c(c2C#N)CC(C)(C)[NH2+]C3(C)C)cc1. The molecule has 2 heterocycles. The molecule has 1 aromatic heterocycles. The number of nitriles is 1. The Kier molecular flexibility index (Phi) is 6.15. The van der Waals surface area contributed by atoms with Crippen molar-refractivity contribution < 1.29 is 19.7 Å². The average molecular weight is 428 g/mol. The van der Waals surface area contributed by atoms with Gasteiger partial charge >= 0.3 is 0 Å². The van der Waals surface area contributed by atoms with Gasteiger partial charge in [0, 0.05) is 6.42 Å². The maximum Gasteiger partial charge on any atom is 0.265 e. The van der Waals surface area contributed by atoms with Gasteiger partial charge in [-0.25, -0.2) is 0 Å². The Hall–Kier alpha value is -2.89. The molecule has 158 valence electrons. The summed E-state index contributed by atoms with van der Waals surface area (Å²) >= 11 is 1.47. The number of thiophene rings is 1. The molecule has 7 nitrogen and oxygen atoms in total. The number of nitrogens with zero attached hydrogens (tertiary/aromatic N) is 2. The molecular formula is C22H27N4O3S+. The lowest BCUT2D eigenvalue weighted by atomic mass is 9.81. The van der Waals surface area contributed by atoms with Crippen LogP contribution in [-0.4, -0.2) is 31.4 Å². The number of oxime groups is 1. The molecule has 0 saturated carbocycles. The lowest BCUT2D eigenvalue weighted by Gasteiger charge is -2.38. The van der Waals surface area contributed by atoms with Crippen LogP contribution in [0.25, 0.3) is 0 Å². The number of carbonyl (C=O) groups is 1. The maximum atomic E-state index is 12.3. The molecule has 1 aliphatic heterocycles. The second-order valence-corrected chi connectivity index (χ2v) is 9.61. The highest BCUT2D eigenvalue weighted by molar-refractivity contribution is 7.16. The Morgan fingerprint density at radius 3 is 2.67 bits per heavy atom. The van der Waals surface area contributed by atoms with Crippen molar-refractivity contribution in [3.63, 3.8) is 0 Å². The lowest BCUT2D eigenvalue weighted by molar-refractivity contribution is -0.789. The first kappa shape index (κ1) is 21.8. The van der Waals surface area contributed by atoms with Gasteiger partial charge in [-0.1, -0.05) is 5.16 Å². The van der Waals surface area contributed by atoms with Crippen molar-refractivity contribution in [3.8, 4) is 11.8 Å². The summed E-state index contributed by atoms with van der Waals surface area (Å²) in [7, 11) is 1.60. The fourth-order valence-corrected chi connectivity index (χ4v) is 5.22. The largest absolute Gasteiger partial charge is 0.497 e. The van der Waals surface area contributed by atoms with E-state index in [1.165, 1.54) is 17.6 Å². The first-order valence-electron chi connectivity index (χ1n) is 9.68. The van der Waals surface area contributed by atoms with Crippen molar-refractivity contribution in [2.45, 2.75) is 45.2 Å². The predicted octanol–water partition coefficient (Wildman–Crippen LogP) is 2.75. The number of nitrogens with two attached hydrogens (primary N) is 1. The van der Waals surface area contributed by atoms with Gasteiger partial charge in [0.25, 0.3) is 5.91 Å². The average Bonchev–Trinajstić information content (AvgIpc) is 3.01. The highest BCUT2D eigenvalue weighted by Crippen LogP contribution is 2.41. The molecule has 1 aliphatic rings. The van der Waals surface area contributed by atoms with E-state index in [9.17, 15) is 10.1 Å². The zero-order chi connectivity index (χ0) is 21.9. The predicted molar refractivity (Wildman–Crippen MR) is 117 cm³/mol. The van der Waals surface area contributed by atoms with E-state index < -0.39 is 0 Å². The molecule has 0 fully saturated rings. The maximum absolute atomic E-state index is 12.3. The number of quaternary nitrogens is 1. The van der Waals surface area contributed by atoms with E-state index in [4.69, 9.17) is 9.57 Å². The number of benzene rings is 1. The second-order valence-electron chi connectivity index (χ2n) is 8.59. The Morgan fingerprint density at radius 1 is 1.33 bits per heavy atom. The zero-order valence-corrected chi connectivity index (χ0v) is 18.7. The van der Waals surface area contributed by atoms with Crippen LogP contribution in [0.15, 0.2) is 29.4 Å². The highest BCUT2D eigenvalue weighted by atomic mass is 32.1. The summed E-state index contributed by atoms with van der Waals surface area (Å²) in [5.74, 6) is 0.404. The number of amides is 1. The molecule has 8 heteroatoms. The second kappa shape index (κ2) is 8.46. The van der Waals surface area contributed by atoms with Crippen LogP contribution in [0.3, 0.4) is 0 Å². The summed E-state index contributed by atoms with van der Waals surface area (Å²) in [5, 5.41) is 19.3. The number of anilines is 1. The van der Waals surface area contributed by atoms with Crippen LogP contribution < -0.4 is 15.4 Å². The van der Waals surface area contributed by atoms with Gasteiger partial charge in [-0.2, -0.15) is 5.26 Å². The van der Waals surface area contributed by atoms with E-state index in [-0.39, 0.29) is 23.6 Å². The van der Waals surface area contributed by atoms with Crippen LogP contribution in [0, 0.1) is 11.3 Å². The molecule has 0 spiro atoms. The smallest absolute Gasteiger partial charge is 0.265 e. The van der Waals surface area contributed by atoms with Gasteiger partial charge in [0.05, 0.1) is 29.3 Å². The molecule has 30 heavy (non-hydrogen) atoms. The van der Waals surface area contributed by atoms with Gasteiger partial charge in [-0.05, 0) is 63.1 Å². The van der Waals surface area contributed by atoms with E-state index in [1.807, 2.05) is 24.3 Å². The van der Waals surface area contributed by atoms with Gasteiger partial charge in [-0.3, -0.25) is 4.79 Å². The molecule has 3 N–H and O–H groups in total. The first-order valence-corrected chi connectivity index (χ1v) is 10.5. The molecule has 0 atom stereocenters. The van der Waals surface area contributed by atoms with Gasteiger partial charge in [-0.15, -0.1) is 11.3 Å². The summed E-state index contributed by atoms with van der Waals surface area (Å²) in [4.78, 5) is 18.6. The monoisotopic (exact) mass is 427 g/mol. The highest BCUT2D eigenvalue weighted by Gasteiger charge is 2.44. The van der Waals surface area contributed by atoms with Crippen LogP contribution in [-0.2, 0) is 21.6 Å². The van der Waals surface area contributed by atoms with E-state index in [0.29, 0.717) is 10.6 Å². The van der Waals surface area contributed by atoms with Gasteiger partial charge in [0.2, 0.25) is 0 Å². The molecule has 0 aliphatic carbocycles. The third kappa shape index (κ3) is 4.81. The Morgan fingerprint density at radius 2 is 2.03 bits per heavy atom. The van der Waals surface area contributed by atoms with Crippen molar-refractivity contribution in [3.05, 3.63) is 45.8 Å². The van der Waals surface area contributed by atoms with Gasteiger partial charge < -0.3 is 20.2 Å². The quantitative estimate of drug-likeness (QED) is 0.547. The number of fused-ring (bicyclic) bond motifs is 1. The molecule has 0 saturated heterocycles. The van der Waals surface area contributed by atoms with Crippen LogP contribution in [0.5, 0.6) is 5.75 Å². The fraction of sp³-hybridized carbons (Fsp3) is 0.409. The number of ether oxygens (including phenoxy) is 1. The third-order valence-corrected chi connectivity index (χ3v) is 6.42. The van der Waals surface area contributed by atoms with Crippen molar-refractivity contribution in [2.24, 2.45) is 5.16 Å². The minimum atomic E-state index is -0.349. The summed E-state index contributed by atoms with van der Waals surface area (Å²) in [6.45, 7) is 8.40. The molecule has 1 aromatic carbocycles. The molecule has 3 rings (SSSR count). The Balaban J connectivity index is 1.65. The standard InChI is InChI=1S/C22H26N4O3S/c1-21(2)10-16-17(11-23)20(30-19(16)22(3,4)26-21)25-18(27)13-29-24-12-14-6-8-15(28-5)9-7-14/h6-9,12,26H,10,13H2,1-5H3,(H,25,27)/p+1/b24-12-. The topological polar surface area (TPSA) is 100 Å². The van der Waals surface area contributed by atoms with Crippen molar-refractivity contribution >= 4 is 28.5 Å². The number of hydrogen-bond acceptors (Lipinski definition) is 6. The molecule has 1 amide bonds. The minimum absolute atomic E-state index is 0.0102. The first-order chi connectivity index (χ1) is 14.1. The molecule has 0 radical (unpaired) electrons. The van der Waals surface area contributed by atoms with Gasteiger partial charge in [0.15, 0.2) is 6.61 Å². The van der Waals surface area contributed by atoms with E-state index in [0.717, 1.165) is 28.2 Å². The number of hydrogen-bond donors (Lipinski definition) is 2. The van der Waals surface area contributed by atoms with Crippen LogP contribution >= 0.6 is 11.3 Å². The lowest BCUT2D eigenvalue weighted by Crippen LogP contribution is -3.03. The van der Waals surface area contributed by atoms with E-state index in [1.54, 1.807) is 7.11 Å². The fourth-order valence-electron chi connectivity index (χ4n) is 3.96. The summed E-state index contributed by atoms with van der Waals surface area (Å²) in [5.41, 5.74) is 2.25. The number of methoxy groups -OCH3 is 1. The van der Waals surface area contributed by atoms with Gasteiger partial charge in [0.1, 0.15) is 22.4 Å². The molecule has 0 unspecified atom stereocenters. The van der Waals surface area contributed by atoms with Crippen LogP contribution in [0.1, 0.15) is 49.3 Å². The minimum Gasteiger partial charge on any atom is -0.497 e. The van der Waals surface area contributed by atoms with Crippen LogP contribution in [0.4, 0.5) is 5.00 Å². The summed E-state index contributed by atoms with van der Waals surface area (Å²) in [6, 6.07) is 9.58. The zero-order valence-electron chi connectivity index (χ0n) is 17.9. The van der Waals surface area contributed by atoms with Crippen molar-refractivity contribution in [1.29, 1.82) is 5.26 Å². The van der Waals surface area contributed by atoms with E-state index in [2.05, 4.69) is 49.6 Å². The summed E-state index contributed by atoms with van der Waals surface area (Å²) < 4.78 is 5.10. The third-order valence-electron chi connectivity index (χ3n) is 4.93. The summed E-state index contributed by atoms with van der Waals surface area (Å²) in [6.07, 6.45) is 2.31. The number of rotatable bonds is 6. The molecule has 0 bridgehead atoms. The normalized spacial score (nSPS) is 16.5. The number of nitrogens with one attached hydrogen (secondary N) is 1. The van der Waals surface area contributed by atoms with Crippen LogP contribution in [0.2, 0.25) is 0 Å². The molecular weight excluding hydrogens is 400 g/mol. The Bertz CT molecular complexity index is 1000. The molecule has 2 aromatic rings. The van der Waals surface area contributed by atoms with Crippen molar-refractivity contribution in [2.75, 3.05) is 19.0 Å². The Labute approximate surface area is 180 Å².